The molecule has 0 aromatic heterocycles. The van der Waals surface area contributed by atoms with Crippen LogP contribution in [0, 0.1) is 5.82 Å². The molecular weight excluding hydrogens is 367 g/mol. The van der Waals surface area contributed by atoms with Crippen molar-refractivity contribution in [1.29, 1.82) is 0 Å². The number of aliphatic hydroxyl groups excluding tert-OH is 1. The first-order valence-corrected chi connectivity index (χ1v) is 9.72. The summed E-state index contributed by atoms with van der Waals surface area (Å²) in [6.07, 6.45) is 0. The zero-order chi connectivity index (χ0) is 20.2. The van der Waals surface area contributed by atoms with E-state index in [-0.39, 0.29) is 30.5 Å². The minimum atomic E-state index is -0.434. The van der Waals surface area contributed by atoms with Gasteiger partial charge >= 0.3 is 0 Å². The second-order valence-corrected chi connectivity index (χ2v) is 7.30. The van der Waals surface area contributed by atoms with Crippen molar-refractivity contribution in [1.82, 2.24) is 10.6 Å². The Kier molecular flexibility index (Phi) is 5.69. The number of rotatable bonds is 6. The number of aliphatic hydroxyl groups is 1. The van der Waals surface area contributed by atoms with Crippen molar-refractivity contribution >= 4 is 5.91 Å². The molecule has 1 amide bonds. The lowest BCUT2D eigenvalue weighted by atomic mass is 9.77. The molecule has 1 aliphatic rings. The smallest absolute Gasteiger partial charge is 0.251 e. The fraction of sp³-hybridized carbons (Fsp3) is 0.208. The topological polar surface area (TPSA) is 61.4 Å². The highest BCUT2D eigenvalue weighted by Crippen LogP contribution is 2.33. The quantitative estimate of drug-likeness (QED) is 0.605. The van der Waals surface area contributed by atoms with E-state index >= 15 is 0 Å². The Bertz CT molecular complexity index is 976. The molecule has 148 valence electrons. The fourth-order valence-electron chi connectivity index (χ4n) is 3.92. The van der Waals surface area contributed by atoms with Crippen molar-refractivity contribution in [3.05, 3.63) is 95.8 Å². The van der Waals surface area contributed by atoms with Crippen molar-refractivity contribution in [2.75, 3.05) is 13.2 Å². The number of carbonyl (C=O) groups is 1. The van der Waals surface area contributed by atoms with Crippen LogP contribution in [0.15, 0.2) is 78.9 Å². The monoisotopic (exact) mass is 390 g/mol. The summed E-state index contributed by atoms with van der Waals surface area (Å²) in [6, 6.07) is 24.1. The summed E-state index contributed by atoms with van der Waals surface area (Å²) < 4.78 is 13.3. The standard InChI is InChI=1S/C24H23FN2O2/c25-20-8-4-7-19(13-20)24(29)26-14-21-23(22(15-28)27-21)18-11-9-17(10-12-18)16-5-2-1-3-6-16/h1-13,21-23,27-28H,14-15H2,(H,26,29)/t21-,22-,23-/m1/s1. The predicted molar refractivity (Wildman–Crippen MR) is 111 cm³/mol. The summed E-state index contributed by atoms with van der Waals surface area (Å²) in [4.78, 5) is 12.3. The molecular formula is C24H23FN2O2. The Labute approximate surface area is 169 Å². The maximum Gasteiger partial charge on any atom is 0.251 e. The Morgan fingerprint density at radius 2 is 1.66 bits per heavy atom. The third-order valence-corrected chi connectivity index (χ3v) is 5.46. The Morgan fingerprint density at radius 3 is 2.34 bits per heavy atom. The van der Waals surface area contributed by atoms with Gasteiger partial charge in [-0.15, -0.1) is 0 Å². The average molecular weight is 390 g/mol. The predicted octanol–water partition coefficient (Wildman–Crippen LogP) is 3.34. The van der Waals surface area contributed by atoms with Gasteiger partial charge < -0.3 is 15.7 Å². The molecule has 3 atom stereocenters. The summed E-state index contributed by atoms with van der Waals surface area (Å²) in [5.41, 5.74) is 3.71. The van der Waals surface area contributed by atoms with E-state index in [1.165, 1.54) is 18.2 Å². The minimum Gasteiger partial charge on any atom is -0.395 e. The van der Waals surface area contributed by atoms with Gasteiger partial charge in [-0.3, -0.25) is 4.79 Å². The van der Waals surface area contributed by atoms with Crippen LogP contribution < -0.4 is 10.6 Å². The maximum absolute atomic E-state index is 13.3. The van der Waals surface area contributed by atoms with E-state index in [9.17, 15) is 14.3 Å². The van der Waals surface area contributed by atoms with Gasteiger partial charge in [0.2, 0.25) is 0 Å². The Morgan fingerprint density at radius 1 is 0.931 bits per heavy atom. The van der Waals surface area contributed by atoms with Gasteiger partial charge in [-0.1, -0.05) is 60.7 Å². The van der Waals surface area contributed by atoms with Crippen LogP contribution in [-0.4, -0.2) is 36.2 Å². The number of halogens is 1. The largest absolute Gasteiger partial charge is 0.395 e. The Balaban J connectivity index is 1.43. The van der Waals surface area contributed by atoms with Crippen LogP contribution in [0.4, 0.5) is 4.39 Å². The van der Waals surface area contributed by atoms with E-state index in [1.54, 1.807) is 6.07 Å². The van der Waals surface area contributed by atoms with Crippen LogP contribution >= 0.6 is 0 Å². The first-order chi connectivity index (χ1) is 14.2. The molecule has 1 fully saturated rings. The summed E-state index contributed by atoms with van der Waals surface area (Å²) in [5.74, 6) is -0.647. The number of amides is 1. The zero-order valence-electron chi connectivity index (χ0n) is 15.9. The van der Waals surface area contributed by atoms with E-state index < -0.39 is 5.82 Å². The third-order valence-electron chi connectivity index (χ3n) is 5.46. The number of hydrogen-bond donors (Lipinski definition) is 3. The van der Waals surface area contributed by atoms with Gasteiger partial charge in [0.15, 0.2) is 0 Å². The van der Waals surface area contributed by atoms with Crippen LogP contribution in [0.2, 0.25) is 0 Å². The molecule has 4 nitrogen and oxygen atoms in total. The molecule has 3 N–H and O–H groups in total. The summed E-state index contributed by atoms with van der Waals surface area (Å²) in [6.45, 7) is 0.427. The molecule has 4 rings (SSSR count). The zero-order valence-corrected chi connectivity index (χ0v) is 15.9. The molecule has 1 heterocycles. The van der Waals surface area contributed by atoms with Crippen LogP contribution in [0.1, 0.15) is 21.8 Å². The molecule has 0 saturated carbocycles. The highest BCUT2D eigenvalue weighted by molar-refractivity contribution is 5.94. The molecule has 1 aliphatic heterocycles. The van der Waals surface area contributed by atoms with Crippen molar-refractivity contribution < 1.29 is 14.3 Å². The number of benzene rings is 3. The van der Waals surface area contributed by atoms with Gasteiger partial charge in [-0.2, -0.15) is 0 Å². The summed E-state index contributed by atoms with van der Waals surface area (Å²) in [7, 11) is 0. The maximum atomic E-state index is 13.3. The molecule has 1 saturated heterocycles. The lowest BCUT2D eigenvalue weighted by Gasteiger charge is -2.46. The molecule has 0 bridgehead atoms. The Hall–Kier alpha value is -3.02. The molecule has 0 radical (unpaired) electrons. The van der Waals surface area contributed by atoms with E-state index in [0.29, 0.717) is 12.1 Å². The van der Waals surface area contributed by atoms with Crippen molar-refractivity contribution in [2.45, 2.75) is 18.0 Å². The molecule has 0 spiro atoms. The van der Waals surface area contributed by atoms with Crippen LogP contribution in [0.3, 0.4) is 0 Å². The van der Waals surface area contributed by atoms with Crippen LogP contribution in [0.25, 0.3) is 11.1 Å². The minimum absolute atomic E-state index is 0.00670. The number of nitrogens with one attached hydrogen (secondary N) is 2. The van der Waals surface area contributed by atoms with E-state index in [4.69, 9.17) is 0 Å². The molecule has 3 aromatic rings. The van der Waals surface area contributed by atoms with E-state index in [1.807, 2.05) is 18.2 Å². The highest BCUT2D eigenvalue weighted by Gasteiger charge is 2.40. The lowest BCUT2D eigenvalue weighted by molar-refractivity contribution is 0.0910. The van der Waals surface area contributed by atoms with E-state index in [2.05, 4.69) is 47.0 Å². The number of hydrogen-bond acceptors (Lipinski definition) is 3. The van der Waals surface area contributed by atoms with Gasteiger partial charge in [0, 0.05) is 30.1 Å². The van der Waals surface area contributed by atoms with Crippen molar-refractivity contribution in [3.63, 3.8) is 0 Å². The van der Waals surface area contributed by atoms with Crippen LogP contribution in [0.5, 0.6) is 0 Å². The second kappa shape index (κ2) is 8.55. The van der Waals surface area contributed by atoms with Crippen molar-refractivity contribution in [2.24, 2.45) is 0 Å². The molecule has 29 heavy (non-hydrogen) atoms. The number of carbonyl (C=O) groups excluding carboxylic acids is 1. The van der Waals surface area contributed by atoms with Gasteiger partial charge in [0.25, 0.3) is 5.91 Å². The normalized spacial score (nSPS) is 20.7. The lowest BCUT2D eigenvalue weighted by Crippen LogP contribution is -2.64. The average Bonchev–Trinajstić information content (AvgIpc) is 2.74. The van der Waals surface area contributed by atoms with Gasteiger partial charge in [-0.25, -0.2) is 4.39 Å². The van der Waals surface area contributed by atoms with E-state index in [0.717, 1.165) is 16.7 Å². The third kappa shape index (κ3) is 4.21. The first-order valence-electron chi connectivity index (χ1n) is 9.72. The van der Waals surface area contributed by atoms with Crippen molar-refractivity contribution in [3.8, 4) is 11.1 Å². The van der Waals surface area contributed by atoms with Gasteiger partial charge in [0.1, 0.15) is 5.82 Å². The fourth-order valence-corrected chi connectivity index (χ4v) is 3.92. The molecule has 5 heteroatoms. The molecule has 3 aromatic carbocycles. The molecule has 0 aliphatic carbocycles. The van der Waals surface area contributed by atoms with Gasteiger partial charge in [0.05, 0.1) is 6.61 Å². The molecule has 0 unspecified atom stereocenters. The SMILES string of the molecule is O=C(NC[C@H]1N[C@H](CO)[C@@H]1c1ccc(-c2ccccc2)cc1)c1cccc(F)c1. The summed E-state index contributed by atoms with van der Waals surface area (Å²) in [5, 5.41) is 15.8. The van der Waals surface area contributed by atoms with Crippen LogP contribution in [-0.2, 0) is 0 Å². The highest BCUT2D eigenvalue weighted by atomic mass is 19.1. The van der Waals surface area contributed by atoms with Gasteiger partial charge in [-0.05, 0) is 34.9 Å². The summed E-state index contributed by atoms with van der Waals surface area (Å²) >= 11 is 0. The first kappa shape index (κ1) is 19.3. The second-order valence-electron chi connectivity index (χ2n) is 7.30.